The molecule has 1 atom stereocenters. The number of hydrogen-bond donors (Lipinski definition) is 1. The normalized spacial score (nSPS) is 12.3. The average molecular weight is 312 g/mol. The molecule has 0 saturated heterocycles. The molecule has 1 aromatic carbocycles. The van der Waals surface area contributed by atoms with Gasteiger partial charge >= 0.3 is 0 Å². The fraction of sp³-hybridized carbons (Fsp3) is 0.250. The molecule has 1 amide bonds. The van der Waals surface area contributed by atoms with Gasteiger partial charge in [-0.25, -0.2) is 4.68 Å². The summed E-state index contributed by atoms with van der Waals surface area (Å²) in [5.74, 6) is 1.10. The Labute approximate surface area is 131 Å². The van der Waals surface area contributed by atoms with Crippen molar-refractivity contribution in [2.45, 2.75) is 26.4 Å². The van der Waals surface area contributed by atoms with E-state index in [0.717, 1.165) is 10.4 Å². The zero-order valence-electron chi connectivity index (χ0n) is 12.8. The summed E-state index contributed by atoms with van der Waals surface area (Å²) in [4.78, 5) is 24.4. The molecule has 0 aliphatic heterocycles. The minimum absolute atomic E-state index is 0.194. The first-order chi connectivity index (χ1) is 11.0. The van der Waals surface area contributed by atoms with Gasteiger partial charge in [-0.05, 0) is 38.1 Å². The van der Waals surface area contributed by atoms with Crippen LogP contribution in [0.25, 0.3) is 10.9 Å². The number of aromatic nitrogens is 3. The van der Waals surface area contributed by atoms with Gasteiger partial charge in [0.05, 0.1) is 11.4 Å². The summed E-state index contributed by atoms with van der Waals surface area (Å²) < 4.78 is 6.52. The second kappa shape index (κ2) is 6.04. The molecule has 1 N–H and O–H groups in total. The Balaban J connectivity index is 1.75. The summed E-state index contributed by atoms with van der Waals surface area (Å²) in [6.45, 7) is 3.45. The van der Waals surface area contributed by atoms with Crippen molar-refractivity contribution in [2.75, 3.05) is 0 Å². The van der Waals surface area contributed by atoms with Gasteiger partial charge in [-0.3, -0.25) is 9.59 Å². The highest BCUT2D eigenvalue weighted by Gasteiger charge is 2.14. The number of carbonyl (C=O) groups is 1. The number of benzene rings is 1. The quantitative estimate of drug-likeness (QED) is 0.789. The lowest BCUT2D eigenvalue weighted by atomic mass is 10.2. The molecule has 1 unspecified atom stereocenters. The van der Waals surface area contributed by atoms with Gasteiger partial charge in [-0.1, -0.05) is 17.3 Å². The number of nitrogens with zero attached hydrogens (tertiary/aromatic N) is 3. The molecular formula is C16H16N4O3. The third kappa shape index (κ3) is 3.13. The topological polar surface area (TPSA) is 90.0 Å². The zero-order valence-corrected chi connectivity index (χ0v) is 12.8. The van der Waals surface area contributed by atoms with Crippen molar-refractivity contribution in [2.24, 2.45) is 0 Å². The summed E-state index contributed by atoms with van der Waals surface area (Å²) >= 11 is 0. The van der Waals surface area contributed by atoms with Crippen LogP contribution in [0.15, 0.2) is 45.6 Å². The monoisotopic (exact) mass is 312 g/mol. The van der Waals surface area contributed by atoms with Crippen LogP contribution in [-0.2, 0) is 11.3 Å². The number of rotatable bonds is 4. The SMILES string of the molecule is Cc1ccc(C(C)NC(=O)Cn2nnc3ccccc3c2=O)o1. The molecule has 0 saturated carbocycles. The van der Waals surface area contributed by atoms with Gasteiger partial charge < -0.3 is 9.73 Å². The van der Waals surface area contributed by atoms with Crippen molar-refractivity contribution >= 4 is 16.8 Å². The summed E-state index contributed by atoms with van der Waals surface area (Å²) in [7, 11) is 0. The summed E-state index contributed by atoms with van der Waals surface area (Å²) in [5, 5.41) is 11.0. The van der Waals surface area contributed by atoms with E-state index in [4.69, 9.17) is 4.42 Å². The van der Waals surface area contributed by atoms with Crippen molar-refractivity contribution in [1.29, 1.82) is 0 Å². The molecule has 3 rings (SSSR count). The maximum absolute atomic E-state index is 12.3. The minimum atomic E-state index is -0.341. The van der Waals surface area contributed by atoms with Gasteiger partial charge in [0.25, 0.3) is 5.56 Å². The average Bonchev–Trinajstić information content (AvgIpc) is 2.97. The maximum Gasteiger partial charge on any atom is 0.278 e. The number of furan rings is 1. The van der Waals surface area contributed by atoms with E-state index in [2.05, 4.69) is 15.6 Å². The van der Waals surface area contributed by atoms with E-state index in [0.29, 0.717) is 16.7 Å². The molecule has 23 heavy (non-hydrogen) atoms. The van der Waals surface area contributed by atoms with Crippen LogP contribution in [-0.4, -0.2) is 20.9 Å². The van der Waals surface area contributed by atoms with Gasteiger partial charge in [0.1, 0.15) is 23.6 Å². The highest BCUT2D eigenvalue weighted by Crippen LogP contribution is 2.15. The molecular weight excluding hydrogens is 296 g/mol. The molecule has 0 radical (unpaired) electrons. The smallest absolute Gasteiger partial charge is 0.278 e. The fourth-order valence-electron chi connectivity index (χ4n) is 2.31. The van der Waals surface area contributed by atoms with E-state index in [-0.39, 0.29) is 24.1 Å². The Hall–Kier alpha value is -2.96. The second-order valence-corrected chi connectivity index (χ2v) is 5.31. The first-order valence-electron chi connectivity index (χ1n) is 7.23. The van der Waals surface area contributed by atoms with Gasteiger partial charge in [0, 0.05) is 0 Å². The van der Waals surface area contributed by atoms with E-state index in [1.807, 2.05) is 26.0 Å². The van der Waals surface area contributed by atoms with E-state index < -0.39 is 0 Å². The van der Waals surface area contributed by atoms with Crippen molar-refractivity contribution < 1.29 is 9.21 Å². The lowest BCUT2D eigenvalue weighted by Gasteiger charge is -2.11. The predicted molar refractivity (Wildman–Crippen MR) is 83.8 cm³/mol. The van der Waals surface area contributed by atoms with Crippen LogP contribution in [0, 0.1) is 6.92 Å². The van der Waals surface area contributed by atoms with Crippen molar-refractivity contribution in [3.05, 3.63) is 58.3 Å². The van der Waals surface area contributed by atoms with Crippen molar-refractivity contribution in [3.8, 4) is 0 Å². The Morgan fingerprint density at radius 1 is 1.30 bits per heavy atom. The number of amides is 1. The van der Waals surface area contributed by atoms with E-state index >= 15 is 0 Å². The Morgan fingerprint density at radius 3 is 2.83 bits per heavy atom. The number of hydrogen-bond acceptors (Lipinski definition) is 5. The summed E-state index contributed by atoms with van der Waals surface area (Å²) in [6.07, 6.45) is 0. The van der Waals surface area contributed by atoms with Gasteiger partial charge in [0.2, 0.25) is 5.91 Å². The van der Waals surface area contributed by atoms with Gasteiger partial charge in [0.15, 0.2) is 0 Å². The lowest BCUT2D eigenvalue weighted by Crippen LogP contribution is -2.35. The van der Waals surface area contributed by atoms with Gasteiger partial charge in [-0.2, -0.15) is 0 Å². The van der Waals surface area contributed by atoms with Crippen LogP contribution in [0.4, 0.5) is 0 Å². The fourth-order valence-corrected chi connectivity index (χ4v) is 2.31. The minimum Gasteiger partial charge on any atom is -0.464 e. The molecule has 3 aromatic rings. The molecule has 0 bridgehead atoms. The van der Waals surface area contributed by atoms with Gasteiger partial charge in [-0.15, -0.1) is 5.10 Å². The third-order valence-electron chi connectivity index (χ3n) is 3.49. The summed E-state index contributed by atoms with van der Waals surface area (Å²) in [5.41, 5.74) is 0.167. The standard InChI is InChI=1S/C16H16N4O3/c1-10-7-8-14(23-10)11(2)17-15(21)9-20-16(22)12-5-3-4-6-13(12)18-19-20/h3-8,11H,9H2,1-2H3,(H,17,21). The van der Waals surface area contributed by atoms with Crippen molar-refractivity contribution in [1.82, 2.24) is 20.3 Å². The Kier molecular flexibility index (Phi) is 3.92. The number of carbonyl (C=O) groups excluding carboxylic acids is 1. The number of nitrogens with one attached hydrogen (secondary N) is 1. The van der Waals surface area contributed by atoms with Crippen LogP contribution in [0.1, 0.15) is 24.5 Å². The Morgan fingerprint density at radius 2 is 2.09 bits per heavy atom. The molecule has 2 heterocycles. The molecule has 0 aliphatic carbocycles. The van der Waals surface area contributed by atoms with E-state index in [1.54, 1.807) is 24.3 Å². The summed E-state index contributed by atoms with van der Waals surface area (Å²) in [6, 6.07) is 10.2. The molecule has 7 nitrogen and oxygen atoms in total. The Bertz CT molecular complexity index is 913. The van der Waals surface area contributed by atoms with Crippen molar-refractivity contribution in [3.63, 3.8) is 0 Å². The number of aryl methyl sites for hydroxylation is 1. The third-order valence-corrected chi connectivity index (χ3v) is 3.49. The van der Waals surface area contributed by atoms with E-state index in [9.17, 15) is 9.59 Å². The van der Waals surface area contributed by atoms with Crippen LogP contribution in [0.2, 0.25) is 0 Å². The van der Waals surface area contributed by atoms with E-state index in [1.165, 1.54) is 0 Å². The largest absolute Gasteiger partial charge is 0.464 e. The molecule has 118 valence electrons. The first kappa shape index (κ1) is 15.0. The van der Waals surface area contributed by atoms with Crippen LogP contribution in [0.5, 0.6) is 0 Å². The first-order valence-corrected chi connectivity index (χ1v) is 7.23. The second-order valence-electron chi connectivity index (χ2n) is 5.31. The van der Waals surface area contributed by atoms with Crippen LogP contribution in [0.3, 0.4) is 0 Å². The highest BCUT2D eigenvalue weighted by molar-refractivity contribution is 5.78. The lowest BCUT2D eigenvalue weighted by molar-refractivity contribution is -0.122. The maximum atomic E-state index is 12.3. The molecule has 0 fully saturated rings. The van der Waals surface area contributed by atoms with Crippen LogP contribution >= 0.6 is 0 Å². The molecule has 2 aromatic heterocycles. The highest BCUT2D eigenvalue weighted by atomic mass is 16.3. The van der Waals surface area contributed by atoms with Crippen LogP contribution < -0.4 is 10.9 Å². The molecule has 7 heteroatoms. The zero-order chi connectivity index (χ0) is 16.4. The molecule has 0 spiro atoms. The number of fused-ring (bicyclic) bond motifs is 1. The predicted octanol–water partition coefficient (Wildman–Crippen LogP) is 1.57. The molecule has 0 aliphatic rings.